The highest BCUT2D eigenvalue weighted by molar-refractivity contribution is 5.22. The summed E-state index contributed by atoms with van der Waals surface area (Å²) in [6.07, 6.45) is 0.579. The van der Waals surface area contributed by atoms with Crippen LogP contribution >= 0.6 is 0 Å². The van der Waals surface area contributed by atoms with Gasteiger partial charge in [0.2, 0.25) is 0 Å². The second kappa shape index (κ2) is 3.95. The lowest BCUT2D eigenvalue weighted by Gasteiger charge is -2.39. The topological polar surface area (TPSA) is 32.3 Å². The first-order chi connectivity index (χ1) is 7.08. The first-order valence-corrected chi connectivity index (χ1v) is 5.56. The van der Waals surface area contributed by atoms with E-state index in [1.54, 1.807) is 0 Å². The van der Waals surface area contributed by atoms with Crippen LogP contribution in [0, 0.1) is 0 Å². The smallest absolute Gasteiger partial charge is 0.0638 e. The van der Waals surface area contributed by atoms with Gasteiger partial charge in [0.15, 0.2) is 0 Å². The first kappa shape index (κ1) is 10.7. The van der Waals surface area contributed by atoms with E-state index < -0.39 is 0 Å². The molecule has 0 aliphatic carbocycles. The van der Waals surface area contributed by atoms with Gasteiger partial charge in [-0.1, -0.05) is 30.3 Å². The fraction of sp³-hybridized carbons (Fsp3) is 0.538. The van der Waals surface area contributed by atoms with Crippen molar-refractivity contribution in [3.63, 3.8) is 0 Å². The molecular formula is C13H19NO. The standard InChI is InChI=1S/C13H19NO/c1-13(2)8-12(15)11(9-14-13)10-6-4-3-5-7-10/h3-7,11-12,14-15H,8-9H2,1-2H3. The van der Waals surface area contributed by atoms with Gasteiger partial charge in [0.05, 0.1) is 6.10 Å². The summed E-state index contributed by atoms with van der Waals surface area (Å²) in [7, 11) is 0. The van der Waals surface area contributed by atoms with Gasteiger partial charge in [-0.05, 0) is 25.8 Å². The average molecular weight is 205 g/mol. The van der Waals surface area contributed by atoms with E-state index in [9.17, 15) is 5.11 Å². The molecule has 0 bridgehead atoms. The third-order valence-electron chi connectivity index (χ3n) is 3.21. The van der Waals surface area contributed by atoms with Crippen molar-refractivity contribution >= 4 is 0 Å². The molecule has 0 amide bonds. The summed E-state index contributed by atoms with van der Waals surface area (Å²) in [5.41, 5.74) is 1.29. The van der Waals surface area contributed by atoms with Crippen molar-refractivity contribution in [2.24, 2.45) is 0 Å². The quantitative estimate of drug-likeness (QED) is 0.734. The molecule has 2 heteroatoms. The maximum Gasteiger partial charge on any atom is 0.0638 e. The SMILES string of the molecule is CC1(C)CC(O)C(c2ccccc2)CN1. The molecular weight excluding hydrogens is 186 g/mol. The highest BCUT2D eigenvalue weighted by atomic mass is 16.3. The third kappa shape index (κ3) is 2.39. The minimum atomic E-state index is -0.233. The highest BCUT2D eigenvalue weighted by Crippen LogP contribution is 2.29. The van der Waals surface area contributed by atoms with Gasteiger partial charge in [0.25, 0.3) is 0 Å². The van der Waals surface area contributed by atoms with Crippen molar-refractivity contribution in [2.75, 3.05) is 6.54 Å². The molecule has 2 unspecified atom stereocenters. The number of aliphatic hydroxyl groups excluding tert-OH is 1. The minimum Gasteiger partial charge on any atom is -0.392 e. The molecule has 2 nitrogen and oxygen atoms in total. The fourth-order valence-electron chi connectivity index (χ4n) is 2.30. The van der Waals surface area contributed by atoms with E-state index in [0.717, 1.165) is 13.0 Å². The Kier molecular flexibility index (Phi) is 2.81. The Hall–Kier alpha value is -0.860. The van der Waals surface area contributed by atoms with Gasteiger partial charge in [-0.25, -0.2) is 0 Å². The molecule has 15 heavy (non-hydrogen) atoms. The lowest BCUT2D eigenvalue weighted by Crippen LogP contribution is -2.51. The Bertz CT molecular complexity index is 321. The van der Waals surface area contributed by atoms with Crippen LogP contribution in [0.1, 0.15) is 31.7 Å². The number of hydrogen-bond acceptors (Lipinski definition) is 2. The summed E-state index contributed by atoms with van der Waals surface area (Å²) in [4.78, 5) is 0. The van der Waals surface area contributed by atoms with Crippen molar-refractivity contribution in [1.82, 2.24) is 5.32 Å². The van der Waals surface area contributed by atoms with Crippen LogP contribution < -0.4 is 5.32 Å². The highest BCUT2D eigenvalue weighted by Gasteiger charge is 2.33. The predicted molar refractivity (Wildman–Crippen MR) is 61.9 cm³/mol. The number of hydrogen-bond donors (Lipinski definition) is 2. The molecule has 1 saturated heterocycles. The molecule has 2 N–H and O–H groups in total. The fourth-order valence-corrected chi connectivity index (χ4v) is 2.30. The van der Waals surface area contributed by atoms with Gasteiger partial charge in [0, 0.05) is 18.0 Å². The molecule has 1 aliphatic heterocycles. The van der Waals surface area contributed by atoms with Crippen LogP contribution in [0.3, 0.4) is 0 Å². The zero-order valence-electron chi connectivity index (χ0n) is 9.40. The number of nitrogens with one attached hydrogen (secondary N) is 1. The number of rotatable bonds is 1. The molecule has 1 heterocycles. The van der Waals surface area contributed by atoms with Crippen molar-refractivity contribution in [2.45, 2.75) is 37.8 Å². The lowest BCUT2D eigenvalue weighted by atomic mass is 9.81. The van der Waals surface area contributed by atoms with Crippen molar-refractivity contribution < 1.29 is 5.11 Å². The van der Waals surface area contributed by atoms with Crippen LogP contribution in [0.25, 0.3) is 0 Å². The summed E-state index contributed by atoms with van der Waals surface area (Å²) >= 11 is 0. The first-order valence-electron chi connectivity index (χ1n) is 5.56. The zero-order chi connectivity index (χ0) is 10.9. The van der Waals surface area contributed by atoms with Crippen LogP contribution in [-0.2, 0) is 0 Å². The van der Waals surface area contributed by atoms with E-state index in [0.29, 0.717) is 0 Å². The molecule has 1 fully saturated rings. The van der Waals surface area contributed by atoms with Gasteiger partial charge < -0.3 is 10.4 Å². The second-order valence-electron chi connectivity index (χ2n) is 5.05. The third-order valence-corrected chi connectivity index (χ3v) is 3.21. The Labute approximate surface area is 91.3 Å². The van der Waals surface area contributed by atoms with E-state index in [-0.39, 0.29) is 17.6 Å². The number of piperidine rings is 1. The zero-order valence-corrected chi connectivity index (χ0v) is 9.40. The summed E-state index contributed by atoms with van der Waals surface area (Å²) < 4.78 is 0. The molecule has 0 spiro atoms. The lowest BCUT2D eigenvalue weighted by molar-refractivity contribution is 0.0703. The Balaban J connectivity index is 2.13. The molecule has 2 atom stereocenters. The van der Waals surface area contributed by atoms with Crippen LogP contribution in [0.2, 0.25) is 0 Å². The summed E-state index contributed by atoms with van der Waals surface area (Å²) in [5.74, 6) is 0.235. The summed E-state index contributed by atoms with van der Waals surface area (Å²) in [6.45, 7) is 5.13. The largest absolute Gasteiger partial charge is 0.392 e. The Morgan fingerprint density at radius 3 is 2.53 bits per heavy atom. The Morgan fingerprint density at radius 2 is 1.93 bits per heavy atom. The van der Waals surface area contributed by atoms with Crippen molar-refractivity contribution in [3.8, 4) is 0 Å². The maximum atomic E-state index is 10.1. The number of aliphatic hydroxyl groups is 1. The van der Waals surface area contributed by atoms with Crippen LogP contribution in [0.15, 0.2) is 30.3 Å². The van der Waals surface area contributed by atoms with E-state index in [1.807, 2.05) is 18.2 Å². The average Bonchev–Trinajstić information content (AvgIpc) is 2.17. The van der Waals surface area contributed by atoms with E-state index >= 15 is 0 Å². The molecule has 0 saturated carbocycles. The monoisotopic (exact) mass is 205 g/mol. The van der Waals surface area contributed by atoms with Crippen molar-refractivity contribution in [1.29, 1.82) is 0 Å². The summed E-state index contributed by atoms with van der Waals surface area (Å²) in [6, 6.07) is 10.3. The van der Waals surface area contributed by atoms with E-state index in [2.05, 4.69) is 31.3 Å². The molecule has 82 valence electrons. The molecule has 0 aromatic heterocycles. The second-order valence-corrected chi connectivity index (χ2v) is 5.05. The van der Waals surface area contributed by atoms with Crippen LogP contribution in [-0.4, -0.2) is 23.3 Å². The Morgan fingerprint density at radius 1 is 1.27 bits per heavy atom. The molecule has 2 rings (SSSR count). The molecule has 1 aromatic carbocycles. The van der Waals surface area contributed by atoms with Gasteiger partial charge >= 0.3 is 0 Å². The maximum absolute atomic E-state index is 10.1. The van der Waals surface area contributed by atoms with E-state index in [1.165, 1.54) is 5.56 Å². The molecule has 1 aliphatic rings. The van der Waals surface area contributed by atoms with Crippen LogP contribution in [0.5, 0.6) is 0 Å². The van der Waals surface area contributed by atoms with E-state index in [4.69, 9.17) is 0 Å². The number of benzene rings is 1. The van der Waals surface area contributed by atoms with Gasteiger partial charge in [-0.2, -0.15) is 0 Å². The van der Waals surface area contributed by atoms with Gasteiger partial charge in [-0.3, -0.25) is 0 Å². The molecule has 0 radical (unpaired) electrons. The predicted octanol–water partition coefficient (Wildman–Crippen LogP) is 1.90. The normalized spacial score (nSPS) is 30.1. The van der Waals surface area contributed by atoms with Gasteiger partial charge in [-0.15, -0.1) is 0 Å². The minimum absolute atomic E-state index is 0.0602. The summed E-state index contributed by atoms with van der Waals surface area (Å²) in [5, 5.41) is 13.6. The van der Waals surface area contributed by atoms with Crippen LogP contribution in [0.4, 0.5) is 0 Å². The molecule has 1 aromatic rings. The van der Waals surface area contributed by atoms with Crippen molar-refractivity contribution in [3.05, 3.63) is 35.9 Å². The van der Waals surface area contributed by atoms with Gasteiger partial charge in [0.1, 0.15) is 0 Å².